The predicted octanol–water partition coefficient (Wildman–Crippen LogP) is 2.76. The summed E-state index contributed by atoms with van der Waals surface area (Å²) >= 11 is 11.7. The number of ether oxygens (including phenoxy) is 1. The van der Waals surface area contributed by atoms with E-state index in [4.69, 9.17) is 27.9 Å². The minimum absolute atomic E-state index is 0.202. The summed E-state index contributed by atoms with van der Waals surface area (Å²) in [5.74, 6) is 0.600. The molecule has 1 aliphatic carbocycles. The lowest BCUT2D eigenvalue weighted by atomic mass is 10.2. The summed E-state index contributed by atoms with van der Waals surface area (Å²) < 4.78 is 5.30. The highest BCUT2D eigenvalue weighted by Crippen LogP contribution is 2.27. The van der Waals surface area contributed by atoms with Crippen LogP contribution in [0.15, 0.2) is 6.20 Å². The number of aromatic nitrogens is 2. The van der Waals surface area contributed by atoms with Crippen LogP contribution >= 0.6 is 23.2 Å². The first-order valence-electron chi connectivity index (χ1n) is 5.16. The Kier molecular flexibility index (Phi) is 3.84. The number of hydrogen-bond donors (Lipinski definition) is 1. The Morgan fingerprint density at radius 2 is 2.25 bits per heavy atom. The SMILES string of the molecule is COC1CCC(Nc2nc(Cl)ncc2Cl)C1. The van der Waals surface area contributed by atoms with Crippen molar-refractivity contribution in [3.05, 3.63) is 16.5 Å². The maximum absolute atomic E-state index is 5.97. The van der Waals surface area contributed by atoms with Gasteiger partial charge < -0.3 is 10.1 Å². The lowest BCUT2D eigenvalue weighted by Gasteiger charge is -2.14. The maximum atomic E-state index is 5.97. The molecular weight excluding hydrogens is 249 g/mol. The standard InChI is InChI=1S/C10H13Cl2N3O/c1-16-7-3-2-6(4-7)14-9-8(11)5-13-10(12)15-9/h5-7H,2-4H2,1H3,(H,13,14,15). The van der Waals surface area contributed by atoms with E-state index in [0.29, 0.717) is 23.0 Å². The van der Waals surface area contributed by atoms with E-state index in [0.717, 1.165) is 19.3 Å². The molecule has 88 valence electrons. The predicted molar refractivity (Wildman–Crippen MR) is 64.1 cm³/mol. The van der Waals surface area contributed by atoms with E-state index < -0.39 is 0 Å². The van der Waals surface area contributed by atoms with Gasteiger partial charge in [0.1, 0.15) is 10.8 Å². The second kappa shape index (κ2) is 5.17. The number of rotatable bonds is 3. The van der Waals surface area contributed by atoms with E-state index in [9.17, 15) is 0 Å². The van der Waals surface area contributed by atoms with Gasteiger partial charge in [-0.05, 0) is 30.9 Å². The van der Waals surface area contributed by atoms with Gasteiger partial charge >= 0.3 is 0 Å². The Morgan fingerprint density at radius 3 is 2.94 bits per heavy atom. The zero-order chi connectivity index (χ0) is 11.5. The van der Waals surface area contributed by atoms with Crippen LogP contribution in [-0.2, 0) is 4.74 Å². The first kappa shape index (κ1) is 11.9. The minimum Gasteiger partial charge on any atom is -0.381 e. The summed E-state index contributed by atoms with van der Waals surface area (Å²) in [6, 6.07) is 0.341. The molecule has 0 saturated heterocycles. The van der Waals surface area contributed by atoms with Crippen molar-refractivity contribution in [2.45, 2.75) is 31.4 Å². The van der Waals surface area contributed by atoms with Crippen LogP contribution in [0, 0.1) is 0 Å². The van der Waals surface area contributed by atoms with E-state index in [2.05, 4.69) is 15.3 Å². The van der Waals surface area contributed by atoms with Gasteiger partial charge in [0.2, 0.25) is 5.28 Å². The minimum atomic E-state index is 0.202. The van der Waals surface area contributed by atoms with Crippen LogP contribution in [0.4, 0.5) is 5.82 Å². The van der Waals surface area contributed by atoms with E-state index in [-0.39, 0.29) is 5.28 Å². The van der Waals surface area contributed by atoms with Crippen molar-refractivity contribution < 1.29 is 4.74 Å². The Hall–Kier alpha value is -0.580. The third kappa shape index (κ3) is 2.75. The van der Waals surface area contributed by atoms with Crippen LogP contribution in [0.2, 0.25) is 10.3 Å². The van der Waals surface area contributed by atoms with Crippen molar-refractivity contribution in [2.75, 3.05) is 12.4 Å². The summed E-state index contributed by atoms with van der Waals surface area (Å²) in [5, 5.41) is 3.96. The smallest absolute Gasteiger partial charge is 0.224 e. The zero-order valence-corrected chi connectivity index (χ0v) is 10.4. The molecule has 2 atom stereocenters. The van der Waals surface area contributed by atoms with Crippen LogP contribution in [0.3, 0.4) is 0 Å². The second-order valence-electron chi connectivity index (χ2n) is 3.85. The molecule has 0 spiro atoms. The van der Waals surface area contributed by atoms with Crippen molar-refractivity contribution in [1.82, 2.24) is 9.97 Å². The van der Waals surface area contributed by atoms with Crippen LogP contribution in [-0.4, -0.2) is 29.2 Å². The Morgan fingerprint density at radius 1 is 1.44 bits per heavy atom. The fourth-order valence-corrected chi connectivity index (χ4v) is 2.20. The van der Waals surface area contributed by atoms with Gasteiger partial charge in [-0.25, -0.2) is 4.98 Å². The number of nitrogens with one attached hydrogen (secondary N) is 1. The van der Waals surface area contributed by atoms with Gasteiger partial charge in [0, 0.05) is 13.2 Å². The van der Waals surface area contributed by atoms with Crippen molar-refractivity contribution in [2.24, 2.45) is 0 Å². The largest absolute Gasteiger partial charge is 0.381 e. The van der Waals surface area contributed by atoms with Gasteiger partial charge in [0.15, 0.2) is 0 Å². The molecule has 1 aromatic heterocycles. The van der Waals surface area contributed by atoms with Crippen LogP contribution in [0.1, 0.15) is 19.3 Å². The molecule has 2 unspecified atom stereocenters. The molecule has 2 rings (SSSR count). The highest BCUT2D eigenvalue weighted by Gasteiger charge is 2.25. The van der Waals surface area contributed by atoms with Gasteiger partial charge in [-0.2, -0.15) is 4.98 Å². The van der Waals surface area contributed by atoms with Crippen LogP contribution < -0.4 is 5.32 Å². The number of anilines is 1. The molecule has 1 aromatic rings. The third-order valence-corrected chi connectivity index (χ3v) is 3.23. The van der Waals surface area contributed by atoms with Gasteiger partial charge in [-0.1, -0.05) is 11.6 Å². The molecule has 0 radical (unpaired) electrons. The van der Waals surface area contributed by atoms with Gasteiger partial charge in [0.25, 0.3) is 0 Å². The number of halogens is 2. The molecule has 1 fully saturated rings. The summed E-state index contributed by atoms with van der Waals surface area (Å²) in [5.41, 5.74) is 0. The molecule has 1 saturated carbocycles. The fraction of sp³-hybridized carbons (Fsp3) is 0.600. The lowest BCUT2D eigenvalue weighted by Crippen LogP contribution is -2.18. The van der Waals surface area contributed by atoms with E-state index in [1.807, 2.05) is 0 Å². The molecule has 1 N–H and O–H groups in total. The van der Waals surface area contributed by atoms with E-state index >= 15 is 0 Å². The lowest BCUT2D eigenvalue weighted by molar-refractivity contribution is 0.108. The monoisotopic (exact) mass is 261 g/mol. The summed E-state index contributed by atoms with van der Waals surface area (Å²) in [7, 11) is 1.74. The van der Waals surface area contributed by atoms with Crippen molar-refractivity contribution in [1.29, 1.82) is 0 Å². The molecule has 1 heterocycles. The van der Waals surface area contributed by atoms with Gasteiger partial charge in [-0.3, -0.25) is 0 Å². The molecular formula is C10H13Cl2N3O. The molecule has 0 amide bonds. The number of methoxy groups -OCH3 is 1. The normalized spacial score (nSPS) is 24.7. The van der Waals surface area contributed by atoms with E-state index in [1.54, 1.807) is 7.11 Å². The zero-order valence-electron chi connectivity index (χ0n) is 8.91. The number of nitrogens with zero attached hydrogens (tertiary/aromatic N) is 2. The molecule has 6 heteroatoms. The quantitative estimate of drug-likeness (QED) is 0.851. The summed E-state index contributed by atoms with van der Waals surface area (Å²) in [6.07, 6.45) is 4.91. The number of hydrogen-bond acceptors (Lipinski definition) is 4. The molecule has 4 nitrogen and oxygen atoms in total. The molecule has 1 aliphatic rings. The van der Waals surface area contributed by atoms with Crippen LogP contribution in [0.5, 0.6) is 0 Å². The van der Waals surface area contributed by atoms with Crippen molar-refractivity contribution in [3.63, 3.8) is 0 Å². The average molecular weight is 262 g/mol. The third-order valence-electron chi connectivity index (χ3n) is 2.77. The summed E-state index contributed by atoms with van der Waals surface area (Å²) in [4.78, 5) is 7.86. The fourth-order valence-electron chi connectivity index (χ4n) is 1.93. The van der Waals surface area contributed by atoms with Crippen molar-refractivity contribution >= 4 is 29.0 Å². The Bertz CT molecular complexity index is 375. The van der Waals surface area contributed by atoms with E-state index in [1.165, 1.54) is 6.20 Å². The second-order valence-corrected chi connectivity index (χ2v) is 4.59. The van der Waals surface area contributed by atoms with Gasteiger partial charge in [0.05, 0.1) is 12.3 Å². The molecule has 0 aromatic carbocycles. The highest BCUT2D eigenvalue weighted by atomic mass is 35.5. The highest BCUT2D eigenvalue weighted by molar-refractivity contribution is 6.33. The molecule has 0 bridgehead atoms. The summed E-state index contributed by atoms with van der Waals surface area (Å²) in [6.45, 7) is 0. The van der Waals surface area contributed by atoms with Gasteiger partial charge in [-0.15, -0.1) is 0 Å². The topological polar surface area (TPSA) is 47.0 Å². The van der Waals surface area contributed by atoms with Crippen molar-refractivity contribution in [3.8, 4) is 0 Å². The maximum Gasteiger partial charge on any atom is 0.224 e. The molecule has 16 heavy (non-hydrogen) atoms. The van der Waals surface area contributed by atoms with Crippen LogP contribution in [0.25, 0.3) is 0 Å². The molecule has 0 aliphatic heterocycles. The Balaban J connectivity index is 2.01. The first-order chi connectivity index (χ1) is 7.69. The average Bonchev–Trinajstić information content (AvgIpc) is 2.71. The first-order valence-corrected chi connectivity index (χ1v) is 5.92. The Labute approximate surface area is 104 Å².